The number of hydrogen-bond acceptors (Lipinski definition) is 9. The first-order valence-electron chi connectivity index (χ1n) is 13.9. The van der Waals surface area contributed by atoms with Crippen LogP contribution in [-0.2, 0) is 13.1 Å². The van der Waals surface area contributed by atoms with Crippen LogP contribution in [0.2, 0.25) is 5.02 Å². The highest BCUT2D eigenvalue weighted by atomic mass is 35.5. The van der Waals surface area contributed by atoms with E-state index < -0.39 is 0 Å². The first-order valence-corrected chi connectivity index (χ1v) is 14.3. The van der Waals surface area contributed by atoms with Crippen molar-refractivity contribution in [3.8, 4) is 45.4 Å². The van der Waals surface area contributed by atoms with Crippen LogP contribution in [0.15, 0.2) is 61.1 Å². The molecular weight excluding hydrogens is 550 g/mol. The highest BCUT2D eigenvalue weighted by molar-refractivity contribution is 6.36. The Balaban J connectivity index is 1.42. The van der Waals surface area contributed by atoms with Gasteiger partial charge in [0, 0.05) is 48.1 Å². The smallest absolute Gasteiger partial charge is 0.237 e. The summed E-state index contributed by atoms with van der Waals surface area (Å²) in [5.74, 6) is 0.969. The Kier molecular flexibility index (Phi) is 9.31. The summed E-state index contributed by atoms with van der Waals surface area (Å²) in [5.41, 5.74) is 8.59. The molecule has 5 rings (SSSR count). The van der Waals surface area contributed by atoms with Crippen LogP contribution in [-0.4, -0.2) is 53.8 Å². The molecule has 1 fully saturated rings. The predicted molar refractivity (Wildman–Crippen MR) is 167 cm³/mol. The predicted octanol–water partition coefficient (Wildman–Crippen LogP) is 5.32. The van der Waals surface area contributed by atoms with E-state index in [4.69, 9.17) is 31.0 Å². The Morgan fingerprint density at radius 1 is 0.905 bits per heavy atom. The van der Waals surface area contributed by atoms with Gasteiger partial charge in [-0.1, -0.05) is 54.6 Å². The third-order valence-corrected chi connectivity index (χ3v) is 7.82. The monoisotopic (exact) mass is 585 g/mol. The van der Waals surface area contributed by atoms with E-state index in [2.05, 4.69) is 45.5 Å². The van der Waals surface area contributed by atoms with Gasteiger partial charge in [0.05, 0.1) is 43.0 Å². The maximum Gasteiger partial charge on any atom is 0.237 e. The molecule has 9 nitrogen and oxygen atoms in total. The fourth-order valence-electron chi connectivity index (χ4n) is 5.23. The molecule has 0 saturated carbocycles. The number of halogens is 1. The number of ether oxygens (including phenoxy) is 2. The molecular formula is C32H36ClN7O2. The molecule has 0 bridgehead atoms. The molecule has 0 unspecified atom stereocenters. The Morgan fingerprint density at radius 3 is 2.12 bits per heavy atom. The van der Waals surface area contributed by atoms with Gasteiger partial charge in [0.2, 0.25) is 11.8 Å². The maximum atomic E-state index is 7.03. The van der Waals surface area contributed by atoms with Crippen molar-refractivity contribution >= 4 is 11.6 Å². The molecule has 3 N–H and O–H groups in total. The fourth-order valence-corrected chi connectivity index (χ4v) is 5.56. The van der Waals surface area contributed by atoms with E-state index in [9.17, 15) is 0 Å². The van der Waals surface area contributed by atoms with Crippen molar-refractivity contribution in [2.75, 3.05) is 27.8 Å². The molecule has 3 heterocycles. The maximum absolute atomic E-state index is 7.03. The molecule has 2 aromatic heterocycles. The summed E-state index contributed by atoms with van der Waals surface area (Å²) < 4.78 is 11.1. The van der Waals surface area contributed by atoms with Gasteiger partial charge in [0.25, 0.3) is 0 Å². The zero-order chi connectivity index (χ0) is 29.6. The van der Waals surface area contributed by atoms with Crippen molar-refractivity contribution in [3.63, 3.8) is 0 Å². The largest absolute Gasteiger partial charge is 0.480 e. The third kappa shape index (κ3) is 6.23. The number of methoxy groups -OCH3 is 2. The molecule has 0 radical (unpaired) electrons. The van der Waals surface area contributed by atoms with Crippen LogP contribution in [0.5, 0.6) is 11.8 Å². The molecule has 1 aliphatic heterocycles. The van der Waals surface area contributed by atoms with Gasteiger partial charge in [-0.25, -0.2) is 9.97 Å². The highest BCUT2D eigenvalue weighted by Gasteiger charge is 2.19. The zero-order valence-electron chi connectivity index (χ0n) is 24.4. The van der Waals surface area contributed by atoms with Crippen molar-refractivity contribution in [2.45, 2.75) is 38.9 Å². The van der Waals surface area contributed by atoms with Crippen LogP contribution in [0.25, 0.3) is 33.6 Å². The topological polar surface area (TPSA) is 106 Å². The lowest BCUT2D eigenvalue weighted by Gasteiger charge is -2.16. The summed E-state index contributed by atoms with van der Waals surface area (Å²) >= 11 is 7.03. The molecule has 4 aromatic rings. The van der Waals surface area contributed by atoms with E-state index in [1.165, 1.54) is 0 Å². The molecule has 42 heavy (non-hydrogen) atoms. The molecule has 1 atom stereocenters. The van der Waals surface area contributed by atoms with Gasteiger partial charge in [-0.05, 0) is 37.9 Å². The third-order valence-electron chi connectivity index (χ3n) is 7.41. The highest BCUT2D eigenvalue weighted by Crippen LogP contribution is 2.39. The van der Waals surface area contributed by atoms with Crippen LogP contribution < -0.4 is 25.4 Å². The normalized spacial score (nSPS) is 14.6. The second kappa shape index (κ2) is 13.3. The first kappa shape index (κ1) is 29.4. The number of rotatable bonds is 11. The fraction of sp³-hybridized carbons (Fsp3) is 0.312. The quantitative estimate of drug-likeness (QED) is 0.215. The summed E-state index contributed by atoms with van der Waals surface area (Å²) in [4.78, 5) is 18.8. The average Bonchev–Trinajstić information content (AvgIpc) is 3.43. The van der Waals surface area contributed by atoms with Crippen molar-refractivity contribution in [1.29, 1.82) is 0 Å². The Hall–Kier alpha value is -4.05. The lowest BCUT2D eigenvalue weighted by Crippen LogP contribution is -2.33. The van der Waals surface area contributed by atoms with Gasteiger partial charge in [-0.15, -0.1) is 0 Å². The average molecular weight is 586 g/mol. The molecule has 0 spiro atoms. The number of aromatic nitrogens is 4. The van der Waals surface area contributed by atoms with Gasteiger partial charge in [-0.3, -0.25) is 9.97 Å². The standard InChI is InChI=1S/C32H36ClN7O2/c1-19-12-13-21(38-19)14-35-16-29-32(42-5)39-26(17-37-29)23-9-6-8-22(20(23)2)24-10-7-11-25(30(24)33)27-18-36-28(15-34-3)31(40-27)41-4/h6-11,17-18,21,34-35,38H,1,12-16H2,2-5H3/t21-/m0/s1. The van der Waals surface area contributed by atoms with E-state index in [1.807, 2.05) is 37.4 Å². The second-order valence-corrected chi connectivity index (χ2v) is 10.6. The Morgan fingerprint density at radius 2 is 1.50 bits per heavy atom. The Bertz CT molecular complexity index is 1590. The molecule has 1 aliphatic rings. The minimum atomic E-state index is 0.387. The summed E-state index contributed by atoms with van der Waals surface area (Å²) in [6.45, 7) is 8.01. The van der Waals surface area contributed by atoms with Crippen molar-refractivity contribution in [2.24, 2.45) is 0 Å². The van der Waals surface area contributed by atoms with Gasteiger partial charge in [0.15, 0.2) is 0 Å². The van der Waals surface area contributed by atoms with Crippen LogP contribution >= 0.6 is 11.6 Å². The van der Waals surface area contributed by atoms with Crippen molar-refractivity contribution in [1.82, 2.24) is 35.9 Å². The van der Waals surface area contributed by atoms with Crippen molar-refractivity contribution in [3.05, 3.63) is 83.0 Å². The van der Waals surface area contributed by atoms with E-state index >= 15 is 0 Å². The molecule has 0 aliphatic carbocycles. The van der Waals surface area contributed by atoms with Crippen LogP contribution in [0.3, 0.4) is 0 Å². The number of nitrogens with zero attached hydrogens (tertiary/aromatic N) is 4. The van der Waals surface area contributed by atoms with Crippen LogP contribution in [0, 0.1) is 6.92 Å². The molecule has 2 aromatic carbocycles. The number of allylic oxidation sites excluding steroid dienone is 1. The van der Waals surface area contributed by atoms with E-state index in [1.54, 1.807) is 26.6 Å². The van der Waals surface area contributed by atoms with E-state index in [-0.39, 0.29) is 0 Å². The minimum Gasteiger partial charge on any atom is -0.480 e. The Labute approximate surface area is 251 Å². The van der Waals surface area contributed by atoms with E-state index in [0.717, 1.165) is 70.0 Å². The molecule has 0 amide bonds. The summed E-state index contributed by atoms with van der Waals surface area (Å²) in [7, 11) is 5.07. The van der Waals surface area contributed by atoms with Gasteiger partial charge < -0.3 is 25.4 Å². The number of hydrogen-bond donors (Lipinski definition) is 3. The van der Waals surface area contributed by atoms with E-state index in [0.29, 0.717) is 41.6 Å². The zero-order valence-corrected chi connectivity index (χ0v) is 25.2. The summed E-state index contributed by atoms with van der Waals surface area (Å²) in [6, 6.07) is 12.4. The van der Waals surface area contributed by atoms with Crippen LogP contribution in [0.4, 0.5) is 0 Å². The second-order valence-electron chi connectivity index (χ2n) is 10.2. The van der Waals surface area contributed by atoms with Crippen molar-refractivity contribution < 1.29 is 9.47 Å². The molecule has 10 heteroatoms. The SMILES string of the molecule is C=C1CC[C@@H](CNCc2ncc(-c3cccc(-c4cccc(-c5cnc(CNC)c(OC)n5)c4Cl)c3C)nc2OC)N1. The molecule has 1 saturated heterocycles. The number of benzene rings is 2. The summed E-state index contributed by atoms with van der Waals surface area (Å²) in [5, 5.41) is 10.5. The van der Waals surface area contributed by atoms with Gasteiger partial charge in [0.1, 0.15) is 11.4 Å². The lowest BCUT2D eigenvalue weighted by molar-refractivity contribution is 0.386. The number of nitrogens with one attached hydrogen (secondary N) is 3. The minimum absolute atomic E-state index is 0.387. The first-order chi connectivity index (χ1) is 20.4. The molecule has 218 valence electrons. The van der Waals surface area contributed by atoms with Gasteiger partial charge in [-0.2, -0.15) is 0 Å². The summed E-state index contributed by atoms with van der Waals surface area (Å²) in [6.07, 6.45) is 5.63. The van der Waals surface area contributed by atoms with Crippen LogP contribution in [0.1, 0.15) is 29.8 Å². The van der Waals surface area contributed by atoms with Gasteiger partial charge >= 0.3 is 0 Å². The lowest BCUT2D eigenvalue weighted by atomic mass is 9.93.